The molecule has 3 heteroatoms. The Morgan fingerprint density at radius 2 is 2.27 bits per heavy atom. The third-order valence-corrected chi connectivity index (χ3v) is 3.34. The number of nitrogens with one attached hydrogen (secondary N) is 1. The highest BCUT2D eigenvalue weighted by Crippen LogP contribution is 2.14. The zero-order chi connectivity index (χ0) is 11.1. The van der Waals surface area contributed by atoms with Gasteiger partial charge in [0.1, 0.15) is 5.76 Å². The number of hydrogen-bond acceptors (Lipinski definition) is 3. The van der Waals surface area contributed by atoms with E-state index in [9.17, 15) is 0 Å². The van der Waals surface area contributed by atoms with Crippen molar-refractivity contribution in [1.82, 2.24) is 5.32 Å². The highest BCUT2D eigenvalue weighted by Gasteiger charge is 2.10. The van der Waals surface area contributed by atoms with Gasteiger partial charge in [-0.15, -0.1) is 0 Å². The summed E-state index contributed by atoms with van der Waals surface area (Å²) in [4.78, 5) is 0. The summed E-state index contributed by atoms with van der Waals surface area (Å²) in [6.45, 7) is 6.58. The first-order valence-corrected chi connectivity index (χ1v) is 6.76. The Balaban J connectivity index is 2.22. The number of thioether (sulfide) groups is 1. The van der Waals surface area contributed by atoms with Crippen LogP contribution in [0.1, 0.15) is 39.0 Å². The first-order valence-electron chi connectivity index (χ1n) is 5.61. The van der Waals surface area contributed by atoms with E-state index in [-0.39, 0.29) is 0 Å². The molecule has 1 aromatic heterocycles. The van der Waals surface area contributed by atoms with Crippen LogP contribution in [0.15, 0.2) is 22.8 Å². The van der Waals surface area contributed by atoms with Gasteiger partial charge < -0.3 is 9.73 Å². The first-order chi connectivity index (χ1) is 7.24. The van der Waals surface area contributed by atoms with E-state index in [0.717, 1.165) is 5.76 Å². The predicted octanol–water partition coefficient (Wildman–Crippen LogP) is 3.46. The third kappa shape index (κ3) is 4.76. The summed E-state index contributed by atoms with van der Waals surface area (Å²) in [5.41, 5.74) is 0. The molecule has 0 spiro atoms. The summed E-state index contributed by atoms with van der Waals surface area (Å²) in [6.07, 6.45) is 2.94. The van der Waals surface area contributed by atoms with E-state index in [1.54, 1.807) is 6.26 Å². The molecular weight excluding hydrogens is 206 g/mol. The lowest BCUT2D eigenvalue weighted by Crippen LogP contribution is -2.29. The highest BCUT2D eigenvalue weighted by molar-refractivity contribution is 7.99. The molecule has 0 amide bonds. The van der Waals surface area contributed by atoms with E-state index in [0.29, 0.717) is 12.1 Å². The Labute approximate surface area is 96.8 Å². The Morgan fingerprint density at radius 3 is 2.87 bits per heavy atom. The molecule has 0 aliphatic carbocycles. The Morgan fingerprint density at radius 1 is 1.47 bits per heavy atom. The smallest absolute Gasteiger partial charge is 0.120 e. The largest absolute Gasteiger partial charge is 0.468 e. The zero-order valence-corrected chi connectivity index (χ0v) is 10.6. The van der Waals surface area contributed by atoms with E-state index < -0.39 is 0 Å². The van der Waals surface area contributed by atoms with Gasteiger partial charge in [-0.1, -0.05) is 6.92 Å². The van der Waals surface area contributed by atoms with Gasteiger partial charge in [-0.3, -0.25) is 0 Å². The molecule has 0 bridgehead atoms. The lowest BCUT2D eigenvalue weighted by molar-refractivity contribution is 0.395. The van der Waals surface area contributed by atoms with Crippen LogP contribution in [0.4, 0.5) is 0 Å². The minimum absolute atomic E-state index is 0.307. The van der Waals surface area contributed by atoms with Gasteiger partial charge in [0, 0.05) is 6.04 Å². The van der Waals surface area contributed by atoms with Crippen molar-refractivity contribution in [3.8, 4) is 0 Å². The van der Waals surface area contributed by atoms with E-state index in [2.05, 4.69) is 26.1 Å². The number of furan rings is 1. The minimum atomic E-state index is 0.307. The molecule has 15 heavy (non-hydrogen) atoms. The Bertz CT molecular complexity index is 248. The van der Waals surface area contributed by atoms with Crippen molar-refractivity contribution in [2.75, 3.05) is 11.5 Å². The minimum Gasteiger partial charge on any atom is -0.468 e. The molecule has 1 rings (SSSR count). The van der Waals surface area contributed by atoms with Crippen molar-refractivity contribution in [1.29, 1.82) is 0 Å². The molecule has 0 aromatic carbocycles. The van der Waals surface area contributed by atoms with Crippen molar-refractivity contribution < 1.29 is 4.42 Å². The van der Waals surface area contributed by atoms with Gasteiger partial charge >= 0.3 is 0 Å². The van der Waals surface area contributed by atoms with Gasteiger partial charge in [0.25, 0.3) is 0 Å². The van der Waals surface area contributed by atoms with Gasteiger partial charge in [0.2, 0.25) is 0 Å². The molecular formula is C12H21NOS. The van der Waals surface area contributed by atoms with Crippen LogP contribution in [0, 0.1) is 0 Å². The third-order valence-electron chi connectivity index (χ3n) is 2.40. The maximum absolute atomic E-state index is 5.35. The monoisotopic (exact) mass is 227 g/mol. The van der Waals surface area contributed by atoms with Crippen LogP contribution in [0.3, 0.4) is 0 Å². The maximum atomic E-state index is 5.35. The fourth-order valence-electron chi connectivity index (χ4n) is 1.53. The summed E-state index contributed by atoms with van der Waals surface area (Å²) in [5.74, 6) is 3.46. The van der Waals surface area contributed by atoms with Gasteiger partial charge in [-0.2, -0.15) is 11.8 Å². The summed E-state index contributed by atoms with van der Waals surface area (Å²) in [6, 6.07) is 4.81. The summed E-state index contributed by atoms with van der Waals surface area (Å²) < 4.78 is 5.35. The fourth-order valence-corrected chi connectivity index (χ4v) is 2.34. The predicted molar refractivity (Wildman–Crippen MR) is 67.3 cm³/mol. The quantitative estimate of drug-likeness (QED) is 0.722. The number of rotatable bonds is 7. The average molecular weight is 227 g/mol. The molecule has 0 aliphatic rings. The zero-order valence-electron chi connectivity index (χ0n) is 9.82. The second-order valence-corrected chi connectivity index (χ2v) is 5.18. The SMILES string of the molecule is CCSCCC(C)NC(C)c1ccco1. The molecule has 1 N–H and O–H groups in total. The van der Waals surface area contributed by atoms with Crippen molar-refractivity contribution >= 4 is 11.8 Å². The van der Waals surface area contributed by atoms with Crippen molar-refractivity contribution in [2.24, 2.45) is 0 Å². The molecule has 1 heterocycles. The summed E-state index contributed by atoms with van der Waals surface area (Å²) in [7, 11) is 0. The highest BCUT2D eigenvalue weighted by atomic mass is 32.2. The van der Waals surface area contributed by atoms with Crippen LogP contribution < -0.4 is 5.32 Å². The van der Waals surface area contributed by atoms with Gasteiger partial charge in [0.15, 0.2) is 0 Å². The second-order valence-electron chi connectivity index (χ2n) is 3.79. The molecule has 0 fully saturated rings. The molecule has 86 valence electrons. The normalized spacial score (nSPS) is 15.1. The van der Waals surface area contributed by atoms with Crippen LogP contribution in [0.2, 0.25) is 0 Å². The number of hydrogen-bond donors (Lipinski definition) is 1. The van der Waals surface area contributed by atoms with Crippen molar-refractivity contribution in [3.05, 3.63) is 24.2 Å². The Kier molecular flexibility index (Phi) is 5.88. The van der Waals surface area contributed by atoms with E-state index in [4.69, 9.17) is 4.42 Å². The fraction of sp³-hybridized carbons (Fsp3) is 0.667. The Hall–Kier alpha value is -0.410. The van der Waals surface area contributed by atoms with Gasteiger partial charge in [-0.25, -0.2) is 0 Å². The summed E-state index contributed by atoms with van der Waals surface area (Å²) in [5, 5.41) is 3.53. The van der Waals surface area contributed by atoms with E-state index >= 15 is 0 Å². The molecule has 1 aromatic rings. The molecule has 2 unspecified atom stereocenters. The van der Waals surface area contributed by atoms with Gasteiger partial charge in [-0.05, 0) is 43.9 Å². The van der Waals surface area contributed by atoms with Crippen LogP contribution >= 0.6 is 11.8 Å². The van der Waals surface area contributed by atoms with Crippen LogP contribution in [-0.4, -0.2) is 17.5 Å². The van der Waals surface area contributed by atoms with E-state index in [1.165, 1.54) is 17.9 Å². The average Bonchev–Trinajstić information content (AvgIpc) is 2.70. The molecule has 0 radical (unpaired) electrons. The molecule has 0 saturated heterocycles. The maximum Gasteiger partial charge on any atom is 0.120 e. The molecule has 0 saturated carbocycles. The second kappa shape index (κ2) is 6.96. The summed E-state index contributed by atoms with van der Waals surface area (Å²) >= 11 is 2.00. The first kappa shape index (κ1) is 12.7. The lowest BCUT2D eigenvalue weighted by Gasteiger charge is -2.18. The van der Waals surface area contributed by atoms with Crippen LogP contribution in [-0.2, 0) is 0 Å². The lowest BCUT2D eigenvalue weighted by atomic mass is 10.2. The standard InChI is InChI=1S/C12H21NOS/c1-4-15-9-7-10(2)13-11(3)12-6-5-8-14-12/h5-6,8,10-11,13H,4,7,9H2,1-3H3. The molecule has 0 aliphatic heterocycles. The topological polar surface area (TPSA) is 25.2 Å². The van der Waals surface area contributed by atoms with Crippen LogP contribution in [0.25, 0.3) is 0 Å². The van der Waals surface area contributed by atoms with Gasteiger partial charge in [0.05, 0.1) is 12.3 Å². The van der Waals surface area contributed by atoms with E-state index in [1.807, 2.05) is 23.9 Å². The van der Waals surface area contributed by atoms with Crippen molar-refractivity contribution in [2.45, 2.75) is 39.3 Å². The van der Waals surface area contributed by atoms with Crippen LogP contribution in [0.5, 0.6) is 0 Å². The van der Waals surface area contributed by atoms with Crippen molar-refractivity contribution in [3.63, 3.8) is 0 Å². The molecule has 2 nitrogen and oxygen atoms in total. The molecule has 2 atom stereocenters.